The van der Waals surface area contributed by atoms with E-state index >= 15 is 0 Å². The van der Waals surface area contributed by atoms with Crippen LogP contribution in [0.15, 0.2) is 24.3 Å². The van der Waals surface area contributed by atoms with Crippen molar-refractivity contribution in [3.63, 3.8) is 0 Å². The van der Waals surface area contributed by atoms with Crippen molar-refractivity contribution in [2.75, 3.05) is 6.54 Å². The minimum Gasteiger partial charge on any atom is -0.352 e. The number of hydrogen-bond acceptors (Lipinski definition) is 3. The van der Waals surface area contributed by atoms with Gasteiger partial charge in [0.25, 0.3) is 0 Å². The predicted molar refractivity (Wildman–Crippen MR) is 89.8 cm³/mol. The van der Waals surface area contributed by atoms with E-state index in [9.17, 15) is 14.4 Å². The van der Waals surface area contributed by atoms with Gasteiger partial charge < -0.3 is 5.32 Å². The fraction of sp³-hybridized carbons (Fsp3) is 0.526. The lowest BCUT2D eigenvalue weighted by Gasteiger charge is -2.19. The van der Waals surface area contributed by atoms with Gasteiger partial charge >= 0.3 is 0 Å². The molecule has 1 heterocycles. The monoisotopic (exact) mass is 328 g/mol. The maximum absolute atomic E-state index is 12.4. The van der Waals surface area contributed by atoms with E-state index in [0.717, 1.165) is 36.8 Å². The van der Waals surface area contributed by atoms with E-state index in [0.29, 0.717) is 6.54 Å². The molecule has 2 aliphatic rings. The summed E-state index contributed by atoms with van der Waals surface area (Å²) in [5.74, 6) is -0.552. The third kappa shape index (κ3) is 3.35. The van der Waals surface area contributed by atoms with E-state index < -0.39 is 0 Å². The second-order valence-electron chi connectivity index (χ2n) is 6.78. The molecule has 1 saturated heterocycles. The van der Waals surface area contributed by atoms with Crippen LogP contribution >= 0.6 is 0 Å². The molecule has 1 aliphatic carbocycles. The third-order valence-electron chi connectivity index (χ3n) is 5.23. The van der Waals surface area contributed by atoms with Gasteiger partial charge in [0.2, 0.25) is 17.7 Å². The molecule has 24 heavy (non-hydrogen) atoms. The molecule has 1 saturated carbocycles. The van der Waals surface area contributed by atoms with Crippen molar-refractivity contribution in [2.45, 2.75) is 45.6 Å². The largest absolute Gasteiger partial charge is 0.352 e. The lowest BCUT2D eigenvalue weighted by atomic mass is 9.81. The Balaban J connectivity index is 1.50. The van der Waals surface area contributed by atoms with Crippen molar-refractivity contribution in [1.82, 2.24) is 10.2 Å². The van der Waals surface area contributed by atoms with Crippen LogP contribution in [-0.2, 0) is 20.9 Å². The normalized spacial score (nSPS) is 23.3. The van der Waals surface area contributed by atoms with Crippen LogP contribution in [0.5, 0.6) is 0 Å². The van der Waals surface area contributed by atoms with E-state index in [4.69, 9.17) is 0 Å². The number of amides is 3. The zero-order chi connectivity index (χ0) is 17.1. The Morgan fingerprint density at radius 3 is 2.38 bits per heavy atom. The molecular weight excluding hydrogens is 304 g/mol. The summed E-state index contributed by atoms with van der Waals surface area (Å²) in [5.41, 5.74) is 2.21. The fourth-order valence-corrected chi connectivity index (χ4v) is 3.76. The van der Waals surface area contributed by atoms with Gasteiger partial charge in [-0.3, -0.25) is 19.3 Å². The Kier molecular flexibility index (Phi) is 4.97. The van der Waals surface area contributed by atoms with E-state index in [2.05, 4.69) is 5.32 Å². The molecule has 0 radical (unpaired) electrons. The Hall–Kier alpha value is -2.17. The Bertz CT molecular complexity index is 632. The van der Waals surface area contributed by atoms with Gasteiger partial charge in [-0.1, -0.05) is 37.1 Å². The van der Waals surface area contributed by atoms with Gasteiger partial charge in [-0.15, -0.1) is 0 Å². The summed E-state index contributed by atoms with van der Waals surface area (Å²) < 4.78 is 0. The Morgan fingerprint density at radius 2 is 1.75 bits per heavy atom. The van der Waals surface area contributed by atoms with Crippen molar-refractivity contribution in [3.8, 4) is 0 Å². The van der Waals surface area contributed by atoms with Gasteiger partial charge in [0, 0.05) is 19.5 Å². The van der Waals surface area contributed by atoms with Crippen LogP contribution in [0.3, 0.4) is 0 Å². The van der Waals surface area contributed by atoms with Gasteiger partial charge in [-0.2, -0.15) is 0 Å². The van der Waals surface area contributed by atoms with Crippen LogP contribution in [0.4, 0.5) is 0 Å². The maximum Gasteiger partial charge on any atom is 0.233 e. The summed E-state index contributed by atoms with van der Waals surface area (Å²) in [6.07, 6.45) is 3.83. The summed E-state index contributed by atoms with van der Waals surface area (Å²) in [7, 11) is 0. The number of benzene rings is 1. The molecule has 2 atom stereocenters. The van der Waals surface area contributed by atoms with E-state index in [-0.39, 0.29) is 42.5 Å². The quantitative estimate of drug-likeness (QED) is 0.843. The molecule has 1 aliphatic heterocycles. The number of carbonyl (C=O) groups is 3. The van der Waals surface area contributed by atoms with Crippen molar-refractivity contribution in [1.29, 1.82) is 0 Å². The fourth-order valence-electron chi connectivity index (χ4n) is 3.76. The average Bonchev–Trinajstić information content (AvgIpc) is 2.84. The van der Waals surface area contributed by atoms with Gasteiger partial charge in [-0.05, 0) is 30.9 Å². The van der Waals surface area contributed by atoms with Crippen molar-refractivity contribution in [3.05, 3.63) is 35.4 Å². The first kappa shape index (κ1) is 16.7. The highest BCUT2D eigenvalue weighted by Crippen LogP contribution is 2.37. The van der Waals surface area contributed by atoms with Crippen LogP contribution < -0.4 is 5.32 Å². The van der Waals surface area contributed by atoms with Gasteiger partial charge in [0.1, 0.15) is 0 Å². The SMILES string of the molecule is Cc1ccccc1CNC(=O)CCN1C(=O)[C@H]2CCCC[C@H]2C1=O. The van der Waals surface area contributed by atoms with Crippen LogP contribution in [0.2, 0.25) is 0 Å². The zero-order valence-electron chi connectivity index (χ0n) is 14.1. The molecular formula is C19H24N2O3. The van der Waals surface area contributed by atoms with Gasteiger partial charge in [0.15, 0.2) is 0 Å². The number of aryl methyl sites for hydroxylation is 1. The number of nitrogens with zero attached hydrogens (tertiary/aromatic N) is 1. The van der Waals surface area contributed by atoms with E-state index in [1.807, 2.05) is 31.2 Å². The molecule has 3 amide bonds. The minimum atomic E-state index is -0.138. The first-order chi connectivity index (χ1) is 11.6. The number of fused-ring (bicyclic) bond motifs is 1. The van der Waals surface area contributed by atoms with Crippen LogP contribution in [0.25, 0.3) is 0 Å². The number of carbonyl (C=O) groups excluding carboxylic acids is 3. The van der Waals surface area contributed by atoms with E-state index in [1.165, 1.54) is 4.90 Å². The number of hydrogen-bond donors (Lipinski definition) is 1. The number of nitrogens with one attached hydrogen (secondary N) is 1. The zero-order valence-corrected chi connectivity index (χ0v) is 14.1. The third-order valence-corrected chi connectivity index (χ3v) is 5.23. The molecule has 1 N–H and O–H groups in total. The maximum atomic E-state index is 12.4. The molecule has 0 bridgehead atoms. The summed E-state index contributed by atoms with van der Waals surface area (Å²) >= 11 is 0. The predicted octanol–water partition coefficient (Wildman–Crippen LogP) is 2.18. The molecule has 3 rings (SSSR count). The molecule has 0 spiro atoms. The summed E-state index contributed by atoms with van der Waals surface area (Å²) in [6.45, 7) is 2.67. The van der Waals surface area contributed by atoms with Crippen LogP contribution in [-0.4, -0.2) is 29.2 Å². The summed E-state index contributed by atoms with van der Waals surface area (Å²) in [4.78, 5) is 38.1. The second-order valence-corrected chi connectivity index (χ2v) is 6.78. The molecule has 128 valence electrons. The molecule has 0 aromatic heterocycles. The highest BCUT2D eigenvalue weighted by molar-refractivity contribution is 6.05. The molecule has 0 unspecified atom stereocenters. The number of rotatable bonds is 5. The minimum absolute atomic E-state index is 0.0728. The second kappa shape index (κ2) is 7.16. The van der Waals surface area contributed by atoms with E-state index in [1.54, 1.807) is 0 Å². The van der Waals surface area contributed by atoms with Crippen LogP contribution in [0, 0.1) is 18.8 Å². The molecule has 5 heteroatoms. The number of imide groups is 1. The highest BCUT2D eigenvalue weighted by atomic mass is 16.2. The number of likely N-dealkylation sites (tertiary alicyclic amines) is 1. The average molecular weight is 328 g/mol. The first-order valence-electron chi connectivity index (χ1n) is 8.74. The lowest BCUT2D eigenvalue weighted by Crippen LogP contribution is -2.35. The standard InChI is InChI=1S/C19H24N2O3/c1-13-6-2-3-7-14(13)12-20-17(22)10-11-21-18(23)15-8-4-5-9-16(15)19(21)24/h2-3,6-7,15-16H,4-5,8-12H2,1H3,(H,20,22)/t15-,16+. The smallest absolute Gasteiger partial charge is 0.233 e. The van der Waals surface area contributed by atoms with Crippen molar-refractivity contribution in [2.24, 2.45) is 11.8 Å². The van der Waals surface area contributed by atoms with Crippen LogP contribution in [0.1, 0.15) is 43.2 Å². The first-order valence-corrected chi connectivity index (χ1v) is 8.74. The molecule has 2 fully saturated rings. The topological polar surface area (TPSA) is 66.5 Å². The lowest BCUT2D eigenvalue weighted by molar-refractivity contribution is -0.140. The molecule has 5 nitrogen and oxygen atoms in total. The Morgan fingerprint density at radius 1 is 1.12 bits per heavy atom. The van der Waals surface area contributed by atoms with Crippen molar-refractivity contribution >= 4 is 17.7 Å². The summed E-state index contributed by atoms with van der Waals surface area (Å²) in [5, 5.41) is 2.87. The van der Waals surface area contributed by atoms with Crippen molar-refractivity contribution < 1.29 is 14.4 Å². The molecule has 1 aromatic rings. The Labute approximate surface area is 142 Å². The van der Waals surface area contributed by atoms with Gasteiger partial charge in [0.05, 0.1) is 11.8 Å². The summed E-state index contributed by atoms with van der Waals surface area (Å²) in [6, 6.07) is 7.89. The van der Waals surface area contributed by atoms with Gasteiger partial charge in [-0.25, -0.2) is 0 Å². The molecule has 1 aromatic carbocycles. The highest BCUT2D eigenvalue weighted by Gasteiger charge is 2.47.